The summed E-state index contributed by atoms with van der Waals surface area (Å²) in [4.78, 5) is 4.22. The van der Waals surface area contributed by atoms with Gasteiger partial charge in [-0.05, 0) is 20.8 Å². The van der Waals surface area contributed by atoms with Gasteiger partial charge in [0.25, 0.3) is 0 Å². The van der Waals surface area contributed by atoms with E-state index in [0.717, 1.165) is 25.5 Å². The number of aromatic nitrogens is 2. The zero-order valence-electron chi connectivity index (χ0n) is 10.1. The highest BCUT2D eigenvalue weighted by Gasteiger charge is 2.08. The summed E-state index contributed by atoms with van der Waals surface area (Å²) >= 11 is 0. The van der Waals surface area contributed by atoms with Crippen molar-refractivity contribution in [1.82, 2.24) is 14.9 Å². The van der Waals surface area contributed by atoms with Gasteiger partial charge in [0, 0.05) is 26.0 Å². The molecular weight excluding hydrogens is 190 g/mol. The van der Waals surface area contributed by atoms with Crippen LogP contribution >= 0.6 is 0 Å². The third-order valence-electron chi connectivity index (χ3n) is 2.02. The van der Waals surface area contributed by atoms with Crippen LogP contribution in [-0.4, -0.2) is 28.3 Å². The number of nitrogens with one attached hydrogen (secondary N) is 1. The lowest BCUT2D eigenvalue weighted by Crippen LogP contribution is -2.27. The van der Waals surface area contributed by atoms with Gasteiger partial charge in [-0.2, -0.15) is 0 Å². The first-order chi connectivity index (χ1) is 6.99. The quantitative estimate of drug-likeness (QED) is 0.747. The molecule has 0 atom stereocenters. The highest BCUT2D eigenvalue weighted by atomic mass is 16.5. The minimum atomic E-state index is -0.0507. The van der Waals surface area contributed by atoms with Crippen LogP contribution in [0.3, 0.4) is 0 Å². The fraction of sp³-hybridized carbons (Fsp3) is 0.727. The predicted molar refractivity (Wildman–Crippen MR) is 60.6 cm³/mol. The van der Waals surface area contributed by atoms with Gasteiger partial charge in [-0.15, -0.1) is 0 Å². The van der Waals surface area contributed by atoms with Crippen molar-refractivity contribution < 1.29 is 4.74 Å². The van der Waals surface area contributed by atoms with Gasteiger partial charge in [0.1, 0.15) is 5.82 Å². The zero-order valence-corrected chi connectivity index (χ0v) is 10.1. The van der Waals surface area contributed by atoms with Crippen molar-refractivity contribution in [3.05, 3.63) is 18.2 Å². The van der Waals surface area contributed by atoms with Crippen LogP contribution in [0.15, 0.2) is 12.4 Å². The van der Waals surface area contributed by atoms with E-state index in [1.807, 2.05) is 24.0 Å². The summed E-state index contributed by atoms with van der Waals surface area (Å²) in [6.07, 6.45) is 3.76. The van der Waals surface area contributed by atoms with Crippen LogP contribution in [0.25, 0.3) is 0 Å². The Morgan fingerprint density at radius 3 is 2.73 bits per heavy atom. The third-order valence-corrected chi connectivity index (χ3v) is 2.02. The molecular formula is C11H21N3O. The van der Waals surface area contributed by atoms with Crippen molar-refractivity contribution in [1.29, 1.82) is 0 Å². The molecule has 0 aliphatic rings. The number of hydrogen-bond donors (Lipinski definition) is 1. The number of imidazole rings is 1. The molecule has 0 amide bonds. The first-order valence-corrected chi connectivity index (χ1v) is 5.30. The third kappa shape index (κ3) is 4.95. The summed E-state index contributed by atoms with van der Waals surface area (Å²) in [5.74, 6) is 1.05. The molecule has 0 aliphatic carbocycles. The minimum Gasteiger partial charge on any atom is -0.375 e. The smallest absolute Gasteiger partial charge is 0.122 e. The predicted octanol–water partition coefficient (Wildman–Crippen LogP) is 1.32. The van der Waals surface area contributed by atoms with E-state index < -0.39 is 0 Å². The van der Waals surface area contributed by atoms with Crippen LogP contribution in [0.5, 0.6) is 0 Å². The monoisotopic (exact) mass is 211 g/mol. The Morgan fingerprint density at radius 1 is 1.47 bits per heavy atom. The second kappa shape index (κ2) is 5.28. The number of nitrogens with zero attached hydrogens (tertiary/aromatic N) is 2. The number of hydrogen-bond acceptors (Lipinski definition) is 3. The Morgan fingerprint density at radius 2 is 2.20 bits per heavy atom. The summed E-state index contributed by atoms with van der Waals surface area (Å²) in [7, 11) is 2.00. The molecule has 15 heavy (non-hydrogen) atoms. The number of aryl methyl sites for hydroxylation is 1. The molecule has 0 fully saturated rings. The lowest BCUT2D eigenvalue weighted by Gasteiger charge is -2.19. The van der Waals surface area contributed by atoms with E-state index in [9.17, 15) is 0 Å². The molecule has 0 unspecified atom stereocenters. The van der Waals surface area contributed by atoms with E-state index in [-0.39, 0.29) is 5.60 Å². The fourth-order valence-corrected chi connectivity index (χ4v) is 1.20. The van der Waals surface area contributed by atoms with E-state index in [2.05, 4.69) is 31.1 Å². The van der Waals surface area contributed by atoms with Crippen molar-refractivity contribution in [3.8, 4) is 0 Å². The molecule has 0 bridgehead atoms. The van der Waals surface area contributed by atoms with Gasteiger partial charge in [-0.1, -0.05) is 0 Å². The van der Waals surface area contributed by atoms with Gasteiger partial charge in [0.05, 0.1) is 18.8 Å². The maximum atomic E-state index is 5.59. The van der Waals surface area contributed by atoms with E-state index in [4.69, 9.17) is 4.74 Å². The summed E-state index contributed by atoms with van der Waals surface area (Å²) in [6, 6.07) is 0. The Labute approximate surface area is 91.7 Å². The maximum absolute atomic E-state index is 5.59. The van der Waals surface area contributed by atoms with Crippen LogP contribution in [0.2, 0.25) is 0 Å². The van der Waals surface area contributed by atoms with Crippen molar-refractivity contribution in [3.63, 3.8) is 0 Å². The maximum Gasteiger partial charge on any atom is 0.122 e. The average molecular weight is 211 g/mol. The van der Waals surface area contributed by atoms with E-state index in [0.29, 0.717) is 0 Å². The Hall–Kier alpha value is -0.870. The molecule has 0 saturated carbocycles. The highest BCUT2D eigenvalue weighted by Crippen LogP contribution is 2.05. The molecule has 1 N–H and O–H groups in total. The van der Waals surface area contributed by atoms with Gasteiger partial charge >= 0.3 is 0 Å². The van der Waals surface area contributed by atoms with E-state index in [1.54, 1.807) is 0 Å². The molecule has 1 aromatic heterocycles. The molecule has 1 aromatic rings. The zero-order chi connectivity index (χ0) is 11.3. The van der Waals surface area contributed by atoms with Crippen LogP contribution in [0.4, 0.5) is 0 Å². The van der Waals surface area contributed by atoms with Crippen LogP contribution in [0, 0.1) is 0 Å². The van der Waals surface area contributed by atoms with Gasteiger partial charge in [0.2, 0.25) is 0 Å². The summed E-state index contributed by atoms with van der Waals surface area (Å²) in [5, 5.41) is 3.29. The second-order valence-corrected chi connectivity index (χ2v) is 4.59. The van der Waals surface area contributed by atoms with E-state index in [1.165, 1.54) is 0 Å². The number of rotatable bonds is 5. The lowest BCUT2D eigenvalue weighted by molar-refractivity contribution is -0.000941. The Kier molecular flexibility index (Phi) is 4.29. The second-order valence-electron chi connectivity index (χ2n) is 4.59. The molecule has 4 nitrogen and oxygen atoms in total. The normalized spacial score (nSPS) is 12.0. The molecule has 0 radical (unpaired) electrons. The Bertz CT molecular complexity index is 288. The van der Waals surface area contributed by atoms with Crippen molar-refractivity contribution in [2.75, 3.05) is 13.2 Å². The Balaban J connectivity index is 2.10. The topological polar surface area (TPSA) is 39.1 Å². The van der Waals surface area contributed by atoms with Crippen LogP contribution in [0.1, 0.15) is 26.6 Å². The van der Waals surface area contributed by atoms with Gasteiger partial charge in [-0.25, -0.2) is 4.98 Å². The standard InChI is InChI=1S/C11H21N3O/c1-11(2,3)15-8-6-12-9-10-13-5-7-14(10)4/h5,7,12H,6,8-9H2,1-4H3. The fourth-order valence-electron chi connectivity index (χ4n) is 1.20. The SMILES string of the molecule is Cn1ccnc1CNCCOC(C)(C)C. The highest BCUT2D eigenvalue weighted by molar-refractivity contribution is 4.90. The first-order valence-electron chi connectivity index (χ1n) is 5.30. The molecule has 1 heterocycles. The van der Waals surface area contributed by atoms with E-state index >= 15 is 0 Å². The van der Waals surface area contributed by atoms with Crippen LogP contribution in [-0.2, 0) is 18.3 Å². The number of ether oxygens (including phenoxy) is 1. The largest absolute Gasteiger partial charge is 0.375 e. The summed E-state index contributed by atoms with van der Waals surface area (Å²) in [5.41, 5.74) is -0.0507. The molecule has 0 aliphatic heterocycles. The average Bonchev–Trinajstić information content (AvgIpc) is 2.49. The van der Waals surface area contributed by atoms with Crippen molar-refractivity contribution in [2.24, 2.45) is 7.05 Å². The first kappa shape index (κ1) is 12.2. The van der Waals surface area contributed by atoms with Crippen molar-refractivity contribution in [2.45, 2.75) is 32.9 Å². The van der Waals surface area contributed by atoms with Gasteiger partial charge in [0.15, 0.2) is 0 Å². The van der Waals surface area contributed by atoms with Gasteiger partial charge < -0.3 is 14.6 Å². The molecule has 0 saturated heterocycles. The minimum absolute atomic E-state index is 0.0507. The molecule has 1 rings (SSSR count). The van der Waals surface area contributed by atoms with Crippen LogP contribution < -0.4 is 5.32 Å². The summed E-state index contributed by atoms with van der Waals surface area (Å²) in [6.45, 7) is 8.55. The van der Waals surface area contributed by atoms with Crippen molar-refractivity contribution >= 4 is 0 Å². The lowest BCUT2D eigenvalue weighted by atomic mass is 10.2. The van der Waals surface area contributed by atoms with Gasteiger partial charge in [-0.3, -0.25) is 0 Å². The molecule has 0 spiro atoms. The molecule has 86 valence electrons. The molecule has 4 heteroatoms. The summed E-state index contributed by atoms with van der Waals surface area (Å²) < 4.78 is 7.60. The molecule has 0 aromatic carbocycles.